The van der Waals surface area contributed by atoms with Gasteiger partial charge in [0.1, 0.15) is 6.04 Å². The predicted molar refractivity (Wildman–Crippen MR) is 135 cm³/mol. The first-order valence-electron chi connectivity index (χ1n) is 11.9. The zero-order chi connectivity index (χ0) is 25.2. The summed E-state index contributed by atoms with van der Waals surface area (Å²) in [5.74, 6) is -1.16. The van der Waals surface area contributed by atoms with Crippen LogP contribution in [0.25, 0.3) is 0 Å². The van der Waals surface area contributed by atoms with Crippen LogP contribution < -0.4 is 10.1 Å². The molecule has 0 aromatic heterocycles. The van der Waals surface area contributed by atoms with Crippen LogP contribution in [0.4, 0.5) is 4.39 Å². The first-order valence-corrected chi connectivity index (χ1v) is 11.9. The van der Waals surface area contributed by atoms with Crippen LogP contribution in [0.2, 0.25) is 0 Å². The maximum Gasteiger partial charge on any atom is 0.261 e. The highest BCUT2D eigenvalue weighted by Crippen LogP contribution is 2.19. The second kappa shape index (κ2) is 12.7. The molecule has 3 rings (SSSR count). The third-order valence-electron chi connectivity index (χ3n) is 6.06. The van der Waals surface area contributed by atoms with Gasteiger partial charge in [0.25, 0.3) is 5.91 Å². The minimum atomic E-state index is -0.761. The molecule has 0 aliphatic carbocycles. The highest BCUT2D eigenvalue weighted by atomic mass is 19.1. The van der Waals surface area contributed by atoms with Crippen LogP contribution in [-0.2, 0) is 22.6 Å². The molecule has 184 valence electrons. The van der Waals surface area contributed by atoms with Gasteiger partial charge >= 0.3 is 0 Å². The van der Waals surface area contributed by atoms with Gasteiger partial charge in [-0.25, -0.2) is 4.39 Å². The van der Waals surface area contributed by atoms with Crippen LogP contribution in [0, 0.1) is 12.7 Å². The number of rotatable bonds is 11. The molecular weight excluding hydrogens is 443 g/mol. The summed E-state index contributed by atoms with van der Waals surface area (Å²) in [6.07, 6.45) is 1.12. The SMILES string of the molecule is CC[C@@H](C)NC(=O)[C@@H](Cc1ccccc1)N(Cc1ccccc1C)C(=O)COc1ccccc1F. The average molecular weight is 477 g/mol. The fourth-order valence-electron chi connectivity index (χ4n) is 3.75. The van der Waals surface area contributed by atoms with E-state index in [-0.39, 0.29) is 30.9 Å². The van der Waals surface area contributed by atoms with Crippen molar-refractivity contribution in [1.82, 2.24) is 10.2 Å². The first-order chi connectivity index (χ1) is 16.9. The number of carbonyl (C=O) groups excluding carboxylic acids is 2. The number of nitrogens with one attached hydrogen (secondary N) is 1. The van der Waals surface area contributed by atoms with Crippen molar-refractivity contribution in [1.29, 1.82) is 0 Å². The molecule has 0 radical (unpaired) electrons. The van der Waals surface area contributed by atoms with Gasteiger partial charge < -0.3 is 15.0 Å². The smallest absolute Gasteiger partial charge is 0.261 e. The molecule has 2 atom stereocenters. The molecule has 5 nitrogen and oxygen atoms in total. The number of nitrogens with zero attached hydrogens (tertiary/aromatic N) is 1. The van der Waals surface area contributed by atoms with E-state index in [4.69, 9.17) is 4.74 Å². The predicted octanol–water partition coefficient (Wildman–Crippen LogP) is 5.07. The molecule has 0 heterocycles. The number of hydrogen-bond acceptors (Lipinski definition) is 3. The van der Waals surface area contributed by atoms with Crippen LogP contribution in [0.1, 0.15) is 37.0 Å². The van der Waals surface area contributed by atoms with Crippen molar-refractivity contribution in [2.45, 2.75) is 52.2 Å². The largest absolute Gasteiger partial charge is 0.481 e. The number of halogens is 1. The topological polar surface area (TPSA) is 58.6 Å². The van der Waals surface area contributed by atoms with Gasteiger partial charge in [0.15, 0.2) is 18.2 Å². The van der Waals surface area contributed by atoms with Gasteiger partial charge in [-0.05, 0) is 49.1 Å². The molecule has 6 heteroatoms. The van der Waals surface area contributed by atoms with Crippen molar-refractivity contribution in [3.63, 3.8) is 0 Å². The first kappa shape index (κ1) is 25.9. The second-order valence-electron chi connectivity index (χ2n) is 8.69. The number of benzene rings is 3. The molecule has 0 saturated carbocycles. The lowest BCUT2D eigenvalue weighted by atomic mass is 10.0. The fourth-order valence-corrected chi connectivity index (χ4v) is 3.75. The van der Waals surface area contributed by atoms with Crippen LogP contribution >= 0.6 is 0 Å². The van der Waals surface area contributed by atoms with Crippen molar-refractivity contribution < 1.29 is 18.7 Å². The van der Waals surface area contributed by atoms with Crippen LogP contribution in [0.5, 0.6) is 5.75 Å². The molecule has 35 heavy (non-hydrogen) atoms. The van der Waals surface area contributed by atoms with Gasteiger partial charge in [-0.2, -0.15) is 0 Å². The molecule has 0 aliphatic rings. The molecule has 0 bridgehead atoms. The van der Waals surface area contributed by atoms with Crippen LogP contribution in [-0.4, -0.2) is 35.4 Å². The molecule has 0 spiro atoms. The second-order valence-corrected chi connectivity index (χ2v) is 8.69. The molecule has 2 amide bonds. The molecule has 0 aliphatic heterocycles. The summed E-state index contributed by atoms with van der Waals surface area (Å²) >= 11 is 0. The molecule has 0 saturated heterocycles. The maximum absolute atomic E-state index is 14.1. The Bertz CT molecular complexity index is 1120. The maximum atomic E-state index is 14.1. The van der Waals surface area contributed by atoms with Gasteiger partial charge in [0, 0.05) is 19.0 Å². The molecule has 3 aromatic rings. The lowest BCUT2D eigenvalue weighted by Crippen LogP contribution is -2.53. The number of aryl methyl sites for hydroxylation is 1. The summed E-state index contributed by atoms with van der Waals surface area (Å²) in [5.41, 5.74) is 2.89. The van der Waals surface area contributed by atoms with E-state index < -0.39 is 17.8 Å². The minimum Gasteiger partial charge on any atom is -0.481 e. The van der Waals surface area contributed by atoms with Gasteiger partial charge in [0.05, 0.1) is 0 Å². The Morgan fingerprint density at radius 1 is 0.971 bits per heavy atom. The fraction of sp³-hybridized carbons (Fsp3) is 0.310. The summed E-state index contributed by atoms with van der Waals surface area (Å²) in [5, 5.41) is 3.03. The molecule has 0 unspecified atom stereocenters. The summed E-state index contributed by atoms with van der Waals surface area (Å²) in [6.45, 7) is 5.76. The summed E-state index contributed by atoms with van der Waals surface area (Å²) in [7, 11) is 0. The van der Waals surface area contributed by atoms with Crippen molar-refractivity contribution in [3.05, 3.63) is 101 Å². The Morgan fingerprint density at radius 3 is 2.31 bits per heavy atom. The van der Waals surface area contributed by atoms with Gasteiger partial charge in [-0.3, -0.25) is 9.59 Å². The highest BCUT2D eigenvalue weighted by molar-refractivity contribution is 5.88. The number of carbonyl (C=O) groups is 2. The highest BCUT2D eigenvalue weighted by Gasteiger charge is 2.31. The monoisotopic (exact) mass is 476 g/mol. The van der Waals surface area contributed by atoms with E-state index >= 15 is 0 Å². The Morgan fingerprint density at radius 2 is 1.63 bits per heavy atom. The van der Waals surface area contributed by atoms with Crippen molar-refractivity contribution >= 4 is 11.8 Å². The van der Waals surface area contributed by atoms with Crippen LogP contribution in [0.15, 0.2) is 78.9 Å². The molecule has 1 N–H and O–H groups in total. The minimum absolute atomic E-state index is 0.000331. The Kier molecular flexibility index (Phi) is 9.41. The normalized spacial score (nSPS) is 12.5. The Hall–Kier alpha value is -3.67. The average Bonchev–Trinajstić information content (AvgIpc) is 2.87. The third-order valence-corrected chi connectivity index (χ3v) is 6.06. The number of ether oxygens (including phenoxy) is 1. The van der Waals surface area contributed by atoms with E-state index in [1.807, 2.05) is 75.4 Å². The zero-order valence-electron chi connectivity index (χ0n) is 20.5. The number of amides is 2. The number of para-hydroxylation sites is 1. The van der Waals surface area contributed by atoms with Crippen LogP contribution in [0.3, 0.4) is 0 Å². The van der Waals surface area contributed by atoms with Crippen molar-refractivity contribution in [2.75, 3.05) is 6.61 Å². The van der Waals surface area contributed by atoms with Crippen molar-refractivity contribution in [3.8, 4) is 5.75 Å². The third kappa shape index (κ3) is 7.41. The van der Waals surface area contributed by atoms with E-state index in [9.17, 15) is 14.0 Å². The Balaban J connectivity index is 1.93. The van der Waals surface area contributed by atoms with E-state index in [1.54, 1.807) is 17.0 Å². The standard InChI is InChI=1S/C29H33FN2O3/c1-4-22(3)31-29(34)26(18-23-13-6-5-7-14-23)32(19-24-15-9-8-12-21(24)2)28(33)20-35-27-17-11-10-16-25(27)30/h5-17,22,26H,4,18-20H2,1-3H3,(H,31,34)/t22-,26-/m1/s1. The molecular formula is C29H33FN2O3. The molecule has 0 fully saturated rings. The van der Waals surface area contributed by atoms with E-state index in [0.717, 1.165) is 23.1 Å². The number of hydrogen-bond donors (Lipinski definition) is 1. The van der Waals surface area contributed by atoms with E-state index in [0.29, 0.717) is 6.42 Å². The molecule has 3 aromatic carbocycles. The summed E-state index contributed by atoms with van der Waals surface area (Å²) in [4.78, 5) is 28.5. The summed E-state index contributed by atoms with van der Waals surface area (Å²) in [6, 6.07) is 22.5. The quantitative estimate of drug-likeness (QED) is 0.421. The lowest BCUT2D eigenvalue weighted by molar-refractivity contribution is -0.143. The summed E-state index contributed by atoms with van der Waals surface area (Å²) < 4.78 is 19.6. The van der Waals surface area contributed by atoms with E-state index in [1.165, 1.54) is 12.1 Å². The van der Waals surface area contributed by atoms with Crippen molar-refractivity contribution in [2.24, 2.45) is 0 Å². The van der Waals surface area contributed by atoms with Gasteiger partial charge in [0.2, 0.25) is 5.91 Å². The lowest BCUT2D eigenvalue weighted by Gasteiger charge is -2.32. The van der Waals surface area contributed by atoms with Gasteiger partial charge in [-0.15, -0.1) is 0 Å². The van der Waals surface area contributed by atoms with Gasteiger partial charge in [-0.1, -0.05) is 73.7 Å². The Labute approximate surface area is 206 Å². The zero-order valence-corrected chi connectivity index (χ0v) is 20.5. The van der Waals surface area contributed by atoms with E-state index in [2.05, 4.69) is 5.32 Å².